The second kappa shape index (κ2) is 7.09. The van der Waals surface area contributed by atoms with Crippen LogP contribution in [0.5, 0.6) is 0 Å². The summed E-state index contributed by atoms with van der Waals surface area (Å²) in [5.74, 6) is 0. The number of hydrogen-bond acceptors (Lipinski definition) is 3. The van der Waals surface area contributed by atoms with Gasteiger partial charge in [0.1, 0.15) is 0 Å². The van der Waals surface area contributed by atoms with Crippen molar-refractivity contribution in [2.45, 2.75) is 39.2 Å². The smallest absolute Gasteiger partial charge is 0.173 e. The molecule has 2 aromatic heterocycles. The number of nitrogens with zero attached hydrogens (tertiary/aromatic N) is 2. The summed E-state index contributed by atoms with van der Waals surface area (Å²) in [6.45, 7) is 5.29. The zero-order chi connectivity index (χ0) is 14.5. The lowest BCUT2D eigenvalue weighted by atomic mass is 10.0. The van der Waals surface area contributed by atoms with Gasteiger partial charge in [0.15, 0.2) is 4.67 Å². The van der Waals surface area contributed by atoms with Crippen molar-refractivity contribution < 1.29 is 4.42 Å². The van der Waals surface area contributed by atoms with Crippen LogP contribution in [0.2, 0.25) is 0 Å². The SMILES string of the molecule is CCCNC(Cc1cc(CC)nn1C)c1ccoc1Br. The molecule has 0 spiro atoms. The van der Waals surface area contributed by atoms with Gasteiger partial charge in [-0.3, -0.25) is 4.68 Å². The molecule has 0 bridgehead atoms. The van der Waals surface area contributed by atoms with Gasteiger partial charge in [0.2, 0.25) is 0 Å². The molecule has 1 unspecified atom stereocenters. The van der Waals surface area contributed by atoms with Crippen molar-refractivity contribution in [1.29, 1.82) is 0 Å². The van der Waals surface area contributed by atoms with E-state index in [4.69, 9.17) is 4.42 Å². The Morgan fingerprint density at radius 1 is 1.45 bits per heavy atom. The highest BCUT2D eigenvalue weighted by Crippen LogP contribution is 2.27. The van der Waals surface area contributed by atoms with Gasteiger partial charge in [-0.2, -0.15) is 5.10 Å². The lowest BCUT2D eigenvalue weighted by Crippen LogP contribution is -2.24. The molecule has 5 heteroatoms. The Morgan fingerprint density at radius 3 is 2.80 bits per heavy atom. The van der Waals surface area contributed by atoms with E-state index in [1.54, 1.807) is 6.26 Å². The van der Waals surface area contributed by atoms with Gasteiger partial charge in [-0.15, -0.1) is 0 Å². The topological polar surface area (TPSA) is 43.0 Å². The molecule has 0 amide bonds. The van der Waals surface area contributed by atoms with Crippen LogP contribution in [-0.2, 0) is 19.9 Å². The van der Waals surface area contributed by atoms with E-state index >= 15 is 0 Å². The van der Waals surface area contributed by atoms with Crippen molar-refractivity contribution in [2.24, 2.45) is 7.05 Å². The predicted octanol–water partition coefficient (Wildman–Crippen LogP) is 3.62. The van der Waals surface area contributed by atoms with E-state index in [0.717, 1.165) is 41.7 Å². The summed E-state index contributed by atoms with van der Waals surface area (Å²) >= 11 is 3.48. The Hall–Kier alpha value is -1.07. The third-order valence-corrected chi connectivity index (χ3v) is 4.11. The summed E-state index contributed by atoms with van der Waals surface area (Å²) < 4.78 is 8.16. The summed E-state index contributed by atoms with van der Waals surface area (Å²) in [5, 5.41) is 8.10. The molecule has 0 saturated heterocycles. The average Bonchev–Trinajstić information content (AvgIpc) is 3.01. The molecule has 2 aromatic rings. The molecular weight excluding hydrogens is 318 g/mol. The maximum Gasteiger partial charge on any atom is 0.173 e. The zero-order valence-electron chi connectivity index (χ0n) is 12.3. The Morgan fingerprint density at radius 2 is 2.25 bits per heavy atom. The van der Waals surface area contributed by atoms with E-state index in [1.165, 1.54) is 5.69 Å². The molecule has 2 rings (SSSR count). The summed E-state index contributed by atoms with van der Waals surface area (Å²) in [6.07, 6.45) is 4.70. The van der Waals surface area contributed by atoms with Crippen molar-refractivity contribution in [3.05, 3.63) is 40.0 Å². The van der Waals surface area contributed by atoms with Crippen molar-refractivity contribution in [3.8, 4) is 0 Å². The molecule has 2 heterocycles. The molecule has 1 atom stereocenters. The van der Waals surface area contributed by atoms with Gasteiger partial charge in [0, 0.05) is 30.8 Å². The maximum atomic E-state index is 5.37. The van der Waals surface area contributed by atoms with Crippen LogP contribution in [0.3, 0.4) is 0 Å². The standard InChI is InChI=1S/C15H22BrN3O/c1-4-7-17-14(13-6-8-20-15(13)16)10-12-9-11(5-2)18-19(12)3/h6,8-9,14,17H,4-5,7,10H2,1-3H3. The van der Waals surface area contributed by atoms with E-state index in [0.29, 0.717) is 0 Å². The molecule has 0 aliphatic rings. The molecule has 0 aromatic carbocycles. The van der Waals surface area contributed by atoms with Gasteiger partial charge in [-0.05, 0) is 47.4 Å². The van der Waals surface area contributed by atoms with Crippen LogP contribution in [0.15, 0.2) is 27.5 Å². The third kappa shape index (κ3) is 3.52. The molecule has 20 heavy (non-hydrogen) atoms. The van der Waals surface area contributed by atoms with E-state index in [1.807, 2.05) is 17.8 Å². The summed E-state index contributed by atoms with van der Waals surface area (Å²) in [6, 6.07) is 4.45. The lowest BCUT2D eigenvalue weighted by molar-refractivity contribution is 0.488. The van der Waals surface area contributed by atoms with Crippen molar-refractivity contribution in [1.82, 2.24) is 15.1 Å². The van der Waals surface area contributed by atoms with Crippen molar-refractivity contribution >= 4 is 15.9 Å². The largest absolute Gasteiger partial charge is 0.457 e. The predicted molar refractivity (Wildman–Crippen MR) is 83.7 cm³/mol. The minimum atomic E-state index is 0.239. The van der Waals surface area contributed by atoms with Crippen molar-refractivity contribution in [3.63, 3.8) is 0 Å². The first-order valence-corrected chi connectivity index (χ1v) is 7.93. The van der Waals surface area contributed by atoms with E-state index < -0.39 is 0 Å². The molecule has 0 radical (unpaired) electrons. The van der Waals surface area contributed by atoms with Crippen LogP contribution in [0.25, 0.3) is 0 Å². The van der Waals surface area contributed by atoms with Gasteiger partial charge < -0.3 is 9.73 Å². The van der Waals surface area contributed by atoms with E-state index in [-0.39, 0.29) is 6.04 Å². The highest BCUT2D eigenvalue weighted by atomic mass is 79.9. The molecular formula is C15H22BrN3O. The fourth-order valence-corrected chi connectivity index (χ4v) is 2.83. The first-order chi connectivity index (χ1) is 9.65. The van der Waals surface area contributed by atoms with Gasteiger partial charge >= 0.3 is 0 Å². The average molecular weight is 340 g/mol. The summed E-state index contributed by atoms with van der Waals surface area (Å²) in [7, 11) is 2.01. The van der Waals surface area contributed by atoms with E-state index in [2.05, 4.69) is 46.3 Å². The quantitative estimate of drug-likeness (QED) is 0.837. The number of rotatable bonds is 7. The first kappa shape index (κ1) is 15.3. The van der Waals surface area contributed by atoms with E-state index in [9.17, 15) is 0 Å². The lowest BCUT2D eigenvalue weighted by Gasteiger charge is -2.17. The number of hydrogen-bond donors (Lipinski definition) is 1. The molecule has 0 aliphatic heterocycles. The highest BCUT2D eigenvalue weighted by Gasteiger charge is 2.18. The number of halogens is 1. The van der Waals surface area contributed by atoms with Crippen LogP contribution in [0, 0.1) is 0 Å². The first-order valence-electron chi connectivity index (χ1n) is 7.13. The number of aryl methyl sites for hydroxylation is 2. The molecule has 0 aliphatic carbocycles. The Labute approximate surface area is 128 Å². The Bertz CT molecular complexity index is 547. The van der Waals surface area contributed by atoms with Crippen LogP contribution >= 0.6 is 15.9 Å². The normalized spacial score (nSPS) is 12.8. The second-order valence-electron chi connectivity index (χ2n) is 4.96. The summed E-state index contributed by atoms with van der Waals surface area (Å²) in [5.41, 5.74) is 3.55. The molecule has 110 valence electrons. The van der Waals surface area contributed by atoms with Crippen LogP contribution < -0.4 is 5.32 Å². The second-order valence-corrected chi connectivity index (χ2v) is 5.68. The minimum Gasteiger partial charge on any atom is -0.457 e. The fraction of sp³-hybridized carbons (Fsp3) is 0.533. The van der Waals surface area contributed by atoms with Gasteiger partial charge in [0.25, 0.3) is 0 Å². The minimum absolute atomic E-state index is 0.239. The third-order valence-electron chi connectivity index (χ3n) is 3.47. The monoisotopic (exact) mass is 339 g/mol. The maximum absolute atomic E-state index is 5.37. The van der Waals surface area contributed by atoms with Crippen LogP contribution in [0.1, 0.15) is 43.3 Å². The van der Waals surface area contributed by atoms with Gasteiger partial charge in [-0.1, -0.05) is 13.8 Å². The van der Waals surface area contributed by atoms with Gasteiger partial charge in [0.05, 0.1) is 12.0 Å². The number of furan rings is 1. The van der Waals surface area contributed by atoms with Crippen LogP contribution in [-0.4, -0.2) is 16.3 Å². The number of nitrogens with one attached hydrogen (secondary N) is 1. The fourth-order valence-electron chi connectivity index (χ4n) is 2.31. The summed E-state index contributed by atoms with van der Waals surface area (Å²) in [4.78, 5) is 0. The zero-order valence-corrected chi connectivity index (χ0v) is 13.9. The number of aromatic nitrogens is 2. The highest BCUT2D eigenvalue weighted by molar-refractivity contribution is 9.10. The molecule has 4 nitrogen and oxygen atoms in total. The Balaban J connectivity index is 2.19. The molecule has 0 fully saturated rings. The van der Waals surface area contributed by atoms with Gasteiger partial charge in [-0.25, -0.2) is 0 Å². The molecule has 0 saturated carbocycles. The molecule has 1 N–H and O–H groups in total. The Kier molecular flexibility index (Phi) is 5.43. The van der Waals surface area contributed by atoms with Crippen molar-refractivity contribution in [2.75, 3.05) is 6.54 Å². The van der Waals surface area contributed by atoms with Crippen LogP contribution in [0.4, 0.5) is 0 Å².